The lowest BCUT2D eigenvalue weighted by Gasteiger charge is -2.27. The first-order valence-corrected chi connectivity index (χ1v) is 11.1. The Bertz CT molecular complexity index is 1200. The molecule has 1 aromatic heterocycles. The maximum absolute atomic E-state index is 12.7. The first kappa shape index (κ1) is 28.8. The molecule has 0 spiro atoms. The minimum Gasteiger partial charge on any atom is -0.480 e. The number of nitrogens with one attached hydrogen (secondary N) is 4. The van der Waals surface area contributed by atoms with Gasteiger partial charge in [-0.25, -0.2) is 14.6 Å². The summed E-state index contributed by atoms with van der Waals surface area (Å²) < 4.78 is 5.78. The third-order valence-corrected chi connectivity index (χ3v) is 5.53. The maximum Gasteiger partial charge on any atom is 0.326 e. The van der Waals surface area contributed by atoms with Crippen molar-refractivity contribution >= 4 is 64.9 Å². The molecule has 5 N–H and O–H groups in total. The van der Waals surface area contributed by atoms with E-state index < -0.39 is 29.6 Å². The Morgan fingerprint density at radius 1 is 1.06 bits per heavy atom. The summed E-state index contributed by atoms with van der Waals surface area (Å²) >= 11 is 11.8. The maximum atomic E-state index is 12.7. The number of nitrogens with zero attached hydrogens (tertiary/aromatic N) is 1. The molecule has 2 aromatic carbocycles. The van der Waals surface area contributed by atoms with Gasteiger partial charge < -0.3 is 30.8 Å². The molecule has 0 aliphatic heterocycles. The van der Waals surface area contributed by atoms with E-state index >= 15 is 0 Å². The highest BCUT2D eigenvalue weighted by Crippen LogP contribution is 2.25. The van der Waals surface area contributed by atoms with Gasteiger partial charge in [-0.3, -0.25) is 4.79 Å². The highest BCUT2D eigenvalue weighted by Gasteiger charge is 2.33. The number of urea groups is 1. The van der Waals surface area contributed by atoms with E-state index in [0.29, 0.717) is 32.9 Å². The van der Waals surface area contributed by atoms with Gasteiger partial charge in [0.25, 0.3) is 5.91 Å². The van der Waals surface area contributed by atoms with Crippen LogP contribution in [0.5, 0.6) is 5.75 Å². The van der Waals surface area contributed by atoms with Gasteiger partial charge in [-0.2, -0.15) is 0 Å². The van der Waals surface area contributed by atoms with Crippen molar-refractivity contribution in [2.24, 2.45) is 0 Å². The number of carboxylic acids is 1. The van der Waals surface area contributed by atoms with Crippen LogP contribution < -0.4 is 20.7 Å². The quantitative estimate of drug-likeness (QED) is 0.257. The molecule has 0 radical (unpaired) electrons. The molecule has 13 heteroatoms. The minimum absolute atomic E-state index is 0. The van der Waals surface area contributed by atoms with Crippen molar-refractivity contribution in [3.63, 3.8) is 0 Å². The van der Waals surface area contributed by atoms with Crippen LogP contribution in [0.1, 0.15) is 19.5 Å². The van der Waals surface area contributed by atoms with Crippen LogP contribution in [0.4, 0.5) is 16.2 Å². The van der Waals surface area contributed by atoms with Crippen molar-refractivity contribution in [1.29, 1.82) is 0 Å². The highest BCUT2D eigenvalue weighted by atomic mass is 35.5. The number of carbonyl (C=O) groups excluding carboxylic acids is 2. The van der Waals surface area contributed by atoms with Crippen molar-refractivity contribution in [3.05, 3.63) is 70.7 Å². The van der Waals surface area contributed by atoms with Gasteiger partial charge in [0, 0.05) is 29.7 Å². The van der Waals surface area contributed by atoms with E-state index in [1.54, 1.807) is 36.4 Å². The van der Waals surface area contributed by atoms with Crippen molar-refractivity contribution in [1.82, 2.24) is 15.3 Å². The molecule has 10 nitrogen and oxygen atoms in total. The van der Waals surface area contributed by atoms with Crippen LogP contribution in [0.15, 0.2) is 55.0 Å². The predicted molar refractivity (Wildman–Crippen MR) is 139 cm³/mol. The number of hydrogen-bond acceptors (Lipinski definition) is 5. The molecule has 0 fully saturated rings. The van der Waals surface area contributed by atoms with Gasteiger partial charge >= 0.3 is 12.0 Å². The molecule has 3 amide bonds. The van der Waals surface area contributed by atoms with Gasteiger partial charge in [-0.05, 0) is 56.3 Å². The number of aromatic nitrogens is 2. The molecule has 0 aliphatic rings. The number of ether oxygens (including phenoxy) is 1. The number of rotatable bonds is 9. The fourth-order valence-electron chi connectivity index (χ4n) is 2.96. The summed E-state index contributed by atoms with van der Waals surface area (Å²) in [6.45, 7) is 3.04. The number of carboxylic acid groups (broad SMARTS) is 1. The molecule has 0 saturated carbocycles. The summed E-state index contributed by atoms with van der Waals surface area (Å²) in [5.41, 5.74) is 0.143. The average molecular weight is 557 g/mol. The van der Waals surface area contributed by atoms with Crippen molar-refractivity contribution in [2.75, 3.05) is 10.6 Å². The predicted octanol–water partition coefficient (Wildman–Crippen LogP) is 4.75. The summed E-state index contributed by atoms with van der Waals surface area (Å²) in [6.07, 6.45) is 2.96. The molecule has 0 unspecified atom stereocenters. The second kappa shape index (κ2) is 12.5. The Morgan fingerprint density at radius 2 is 1.69 bits per heavy atom. The van der Waals surface area contributed by atoms with Crippen LogP contribution in [-0.2, 0) is 16.0 Å². The number of H-pyrrole nitrogens is 1. The first-order chi connectivity index (χ1) is 16.5. The summed E-state index contributed by atoms with van der Waals surface area (Å²) in [5.74, 6) is -1.44. The Morgan fingerprint density at radius 3 is 2.28 bits per heavy atom. The van der Waals surface area contributed by atoms with Crippen LogP contribution in [0.2, 0.25) is 10.0 Å². The zero-order valence-electron chi connectivity index (χ0n) is 19.2. The topological polar surface area (TPSA) is 145 Å². The molecule has 0 aliphatic carbocycles. The third kappa shape index (κ3) is 8.04. The number of aliphatic carboxylic acids is 1. The summed E-state index contributed by atoms with van der Waals surface area (Å²) in [6, 6.07) is 9.39. The lowest BCUT2D eigenvalue weighted by molar-refractivity contribution is -0.145. The Kier molecular flexibility index (Phi) is 9.97. The summed E-state index contributed by atoms with van der Waals surface area (Å²) in [4.78, 5) is 43.2. The van der Waals surface area contributed by atoms with Gasteiger partial charge in [-0.15, -0.1) is 12.4 Å². The average Bonchev–Trinajstić information content (AvgIpc) is 3.30. The van der Waals surface area contributed by atoms with Crippen LogP contribution in [0.3, 0.4) is 0 Å². The molecular formula is C23H24Cl3N5O5. The second-order valence-electron chi connectivity index (χ2n) is 7.99. The SMILES string of the molecule is CC(C)(Oc1ccc(NC(=O)Nc2ccc(Cl)c(Cl)c2)cc1)C(=O)N[C@@H](Cc1cnc[nH]1)C(=O)O.Cl. The van der Waals surface area contributed by atoms with E-state index in [0.717, 1.165) is 0 Å². The zero-order valence-corrected chi connectivity index (χ0v) is 21.5. The first-order valence-electron chi connectivity index (χ1n) is 10.4. The molecular weight excluding hydrogens is 533 g/mol. The fraction of sp³-hybridized carbons (Fsp3) is 0.217. The number of halogens is 3. The molecule has 192 valence electrons. The van der Waals surface area contributed by atoms with Crippen molar-refractivity contribution in [2.45, 2.75) is 31.9 Å². The van der Waals surface area contributed by atoms with Crippen LogP contribution >= 0.6 is 35.6 Å². The van der Waals surface area contributed by atoms with Crippen LogP contribution in [0, 0.1) is 0 Å². The van der Waals surface area contributed by atoms with E-state index in [1.165, 1.54) is 32.4 Å². The number of amides is 3. The molecule has 0 saturated heterocycles. The summed E-state index contributed by atoms with van der Waals surface area (Å²) in [5, 5.41) is 17.9. The van der Waals surface area contributed by atoms with Crippen LogP contribution in [0.25, 0.3) is 0 Å². The zero-order chi connectivity index (χ0) is 25.6. The fourth-order valence-corrected chi connectivity index (χ4v) is 3.26. The Balaban J connectivity index is 0.00000456. The van der Waals surface area contributed by atoms with Gasteiger partial charge in [0.05, 0.1) is 16.4 Å². The number of benzene rings is 2. The third-order valence-electron chi connectivity index (χ3n) is 4.79. The van der Waals surface area contributed by atoms with E-state index in [9.17, 15) is 19.5 Å². The van der Waals surface area contributed by atoms with Crippen LogP contribution in [-0.4, -0.2) is 44.6 Å². The number of anilines is 2. The monoisotopic (exact) mass is 555 g/mol. The van der Waals surface area contributed by atoms with Crippen molar-refractivity contribution < 1.29 is 24.2 Å². The van der Waals surface area contributed by atoms with Gasteiger partial charge in [0.2, 0.25) is 0 Å². The van der Waals surface area contributed by atoms with E-state index in [2.05, 4.69) is 25.9 Å². The Hall–Kier alpha value is -3.47. The lowest BCUT2D eigenvalue weighted by atomic mass is 10.1. The van der Waals surface area contributed by atoms with E-state index in [-0.39, 0.29) is 18.8 Å². The van der Waals surface area contributed by atoms with Gasteiger partial charge in [-0.1, -0.05) is 23.2 Å². The molecule has 0 bridgehead atoms. The molecule has 3 rings (SSSR count). The standard InChI is InChI=1S/C23H23Cl2N5O5.ClH/c1-23(2,21(33)30-19(20(31)32)10-15-11-26-12-27-15)35-16-6-3-13(4-7-16)28-22(34)29-14-5-8-17(24)18(25)9-14;/h3-9,11-12,19H,10H2,1-2H3,(H,26,27)(H,30,33)(H,31,32)(H2,28,29,34);1H/t19-;/m0./s1. The molecule has 1 atom stereocenters. The Labute approximate surface area is 223 Å². The van der Waals surface area contributed by atoms with E-state index in [4.69, 9.17) is 27.9 Å². The number of hydrogen-bond donors (Lipinski definition) is 5. The largest absolute Gasteiger partial charge is 0.480 e. The number of aromatic amines is 1. The molecule has 36 heavy (non-hydrogen) atoms. The molecule has 3 aromatic rings. The van der Waals surface area contributed by atoms with Gasteiger partial charge in [0.15, 0.2) is 5.60 Å². The minimum atomic E-state index is -1.37. The van der Waals surface area contributed by atoms with E-state index in [1.807, 2.05) is 0 Å². The van der Waals surface area contributed by atoms with Crippen molar-refractivity contribution in [3.8, 4) is 5.75 Å². The normalized spacial score (nSPS) is 11.6. The lowest BCUT2D eigenvalue weighted by Crippen LogP contribution is -2.53. The highest BCUT2D eigenvalue weighted by molar-refractivity contribution is 6.42. The molecule has 1 heterocycles. The number of carbonyl (C=O) groups is 3. The second-order valence-corrected chi connectivity index (χ2v) is 8.80. The van der Waals surface area contributed by atoms with Gasteiger partial charge in [0.1, 0.15) is 11.8 Å². The smallest absolute Gasteiger partial charge is 0.326 e. The summed E-state index contributed by atoms with van der Waals surface area (Å²) in [7, 11) is 0. The number of imidazole rings is 1.